The average Bonchev–Trinajstić information content (AvgIpc) is 2.33. The molecule has 0 saturated carbocycles. The van der Waals surface area contributed by atoms with E-state index in [9.17, 15) is 14.9 Å². The highest BCUT2D eigenvalue weighted by atomic mass is 35.5. The maximum absolute atomic E-state index is 11.8. The van der Waals surface area contributed by atoms with E-state index in [1.165, 1.54) is 12.1 Å². The van der Waals surface area contributed by atoms with Crippen molar-refractivity contribution in [2.45, 2.75) is 25.9 Å². The zero-order valence-electron chi connectivity index (χ0n) is 10.4. The van der Waals surface area contributed by atoms with E-state index < -0.39 is 16.9 Å². The topological polar surface area (TPSA) is 92.5 Å². The fourth-order valence-electron chi connectivity index (χ4n) is 1.54. The number of nitro groups is 1. The number of rotatable bonds is 6. The van der Waals surface area contributed by atoms with E-state index in [4.69, 9.17) is 16.7 Å². The van der Waals surface area contributed by atoms with E-state index in [2.05, 4.69) is 5.32 Å². The summed E-state index contributed by atoms with van der Waals surface area (Å²) in [6.07, 6.45) is 0.732. The Balaban J connectivity index is 2.69. The number of nitro benzene ring substituents is 1. The molecule has 2 N–H and O–H groups in total. The van der Waals surface area contributed by atoms with Gasteiger partial charge in [-0.25, -0.2) is 0 Å². The monoisotopic (exact) mass is 286 g/mol. The second kappa shape index (κ2) is 7.06. The highest BCUT2D eigenvalue weighted by Gasteiger charge is 2.20. The van der Waals surface area contributed by atoms with Crippen LogP contribution in [0.15, 0.2) is 18.2 Å². The molecule has 0 bridgehead atoms. The first-order valence-corrected chi connectivity index (χ1v) is 6.20. The Morgan fingerprint density at radius 2 is 2.26 bits per heavy atom. The lowest BCUT2D eigenvalue weighted by atomic mass is 10.1. The molecule has 0 aliphatic carbocycles. The van der Waals surface area contributed by atoms with E-state index >= 15 is 0 Å². The number of hydrogen-bond donors (Lipinski definition) is 2. The maximum Gasteiger partial charge on any atom is 0.283 e. The van der Waals surface area contributed by atoms with Crippen molar-refractivity contribution in [1.29, 1.82) is 0 Å². The summed E-state index contributed by atoms with van der Waals surface area (Å²) in [5.74, 6) is -0.519. The lowest BCUT2D eigenvalue weighted by Gasteiger charge is -2.07. The van der Waals surface area contributed by atoms with E-state index in [0.29, 0.717) is 19.4 Å². The molecule has 1 aromatic carbocycles. The summed E-state index contributed by atoms with van der Waals surface area (Å²) in [5.41, 5.74) is -0.341. The average molecular weight is 287 g/mol. The molecule has 0 aliphatic heterocycles. The van der Waals surface area contributed by atoms with Gasteiger partial charge in [0.2, 0.25) is 0 Å². The van der Waals surface area contributed by atoms with Gasteiger partial charge in [-0.15, -0.1) is 0 Å². The van der Waals surface area contributed by atoms with Crippen molar-refractivity contribution in [2.24, 2.45) is 0 Å². The van der Waals surface area contributed by atoms with E-state index in [1.54, 1.807) is 6.92 Å². The molecule has 0 fully saturated rings. The van der Waals surface area contributed by atoms with Crippen molar-refractivity contribution >= 4 is 23.2 Å². The predicted molar refractivity (Wildman–Crippen MR) is 71.4 cm³/mol. The summed E-state index contributed by atoms with van der Waals surface area (Å²) < 4.78 is 0. The van der Waals surface area contributed by atoms with Crippen molar-refractivity contribution in [2.75, 3.05) is 6.54 Å². The van der Waals surface area contributed by atoms with Crippen LogP contribution in [0.5, 0.6) is 0 Å². The molecule has 6 nitrogen and oxygen atoms in total. The standard InChI is InChI=1S/C12H15ClN2O4/c1-8(16)3-2-6-14-12(17)10-5-4-9(13)7-11(10)15(18)19/h4-5,7-8,16H,2-3,6H2,1H3,(H,14,17). The molecule has 0 aliphatic rings. The number of nitrogens with zero attached hydrogens (tertiary/aromatic N) is 1. The lowest BCUT2D eigenvalue weighted by Crippen LogP contribution is -2.25. The minimum atomic E-state index is -0.642. The number of amides is 1. The molecular weight excluding hydrogens is 272 g/mol. The van der Waals surface area contributed by atoms with Crippen molar-refractivity contribution < 1.29 is 14.8 Å². The van der Waals surface area contributed by atoms with Gasteiger partial charge in [-0.2, -0.15) is 0 Å². The zero-order valence-corrected chi connectivity index (χ0v) is 11.2. The quantitative estimate of drug-likeness (QED) is 0.476. The van der Waals surface area contributed by atoms with Crippen molar-refractivity contribution in [3.8, 4) is 0 Å². The molecule has 0 spiro atoms. The number of nitrogens with one attached hydrogen (secondary N) is 1. The van der Waals surface area contributed by atoms with Crippen LogP contribution in [0.4, 0.5) is 5.69 Å². The van der Waals surface area contributed by atoms with E-state index in [-0.39, 0.29) is 16.3 Å². The van der Waals surface area contributed by atoms with Crippen LogP contribution in [0, 0.1) is 10.1 Å². The number of aliphatic hydroxyl groups excluding tert-OH is 1. The third-order valence-electron chi connectivity index (χ3n) is 2.49. The van der Waals surface area contributed by atoms with Gasteiger partial charge in [0, 0.05) is 17.6 Å². The van der Waals surface area contributed by atoms with Crippen molar-refractivity contribution in [3.63, 3.8) is 0 Å². The first kappa shape index (κ1) is 15.4. The highest BCUT2D eigenvalue weighted by molar-refractivity contribution is 6.31. The van der Waals surface area contributed by atoms with Gasteiger partial charge in [-0.05, 0) is 31.9 Å². The second-order valence-corrected chi connectivity index (χ2v) is 4.60. The van der Waals surface area contributed by atoms with Crippen LogP contribution in [0.1, 0.15) is 30.1 Å². The largest absolute Gasteiger partial charge is 0.393 e. The second-order valence-electron chi connectivity index (χ2n) is 4.17. The molecule has 0 radical (unpaired) electrons. The Morgan fingerprint density at radius 1 is 1.58 bits per heavy atom. The first-order chi connectivity index (χ1) is 8.91. The Bertz CT molecular complexity index is 477. The molecule has 1 rings (SSSR count). The molecule has 0 heterocycles. The normalized spacial score (nSPS) is 11.9. The SMILES string of the molecule is CC(O)CCCNC(=O)c1ccc(Cl)cc1[N+](=O)[O-]. The minimum Gasteiger partial charge on any atom is -0.393 e. The fourth-order valence-corrected chi connectivity index (χ4v) is 1.71. The van der Waals surface area contributed by atoms with Gasteiger partial charge in [0.25, 0.3) is 11.6 Å². The maximum atomic E-state index is 11.8. The smallest absolute Gasteiger partial charge is 0.283 e. The van der Waals surface area contributed by atoms with E-state index in [1.807, 2.05) is 0 Å². The van der Waals surface area contributed by atoms with Crippen molar-refractivity contribution in [3.05, 3.63) is 38.9 Å². The van der Waals surface area contributed by atoms with Crippen molar-refractivity contribution in [1.82, 2.24) is 5.32 Å². The summed E-state index contributed by atoms with van der Waals surface area (Å²) in [6, 6.07) is 3.90. The molecule has 104 valence electrons. The summed E-state index contributed by atoms with van der Waals surface area (Å²) in [6.45, 7) is 2.01. The fraction of sp³-hybridized carbons (Fsp3) is 0.417. The Morgan fingerprint density at radius 3 is 2.84 bits per heavy atom. The van der Waals surface area contributed by atoms with Crippen LogP contribution < -0.4 is 5.32 Å². The first-order valence-electron chi connectivity index (χ1n) is 5.82. The predicted octanol–water partition coefficient (Wildman–Crippen LogP) is 2.14. The van der Waals surface area contributed by atoms with Crippen LogP contribution in [0.2, 0.25) is 5.02 Å². The highest BCUT2D eigenvalue weighted by Crippen LogP contribution is 2.23. The number of halogens is 1. The Kier molecular flexibility index (Phi) is 5.72. The van der Waals surface area contributed by atoms with Crippen LogP contribution in [0.3, 0.4) is 0 Å². The molecule has 19 heavy (non-hydrogen) atoms. The number of carbonyl (C=O) groups is 1. The molecule has 1 unspecified atom stereocenters. The summed E-state index contributed by atoms with van der Waals surface area (Å²) in [5, 5.41) is 22.7. The number of aliphatic hydroxyl groups is 1. The molecule has 1 amide bonds. The van der Waals surface area contributed by atoms with Gasteiger partial charge in [0.1, 0.15) is 5.56 Å². The van der Waals surface area contributed by atoms with Crippen LogP contribution in [0.25, 0.3) is 0 Å². The molecular formula is C12H15ClN2O4. The number of carbonyl (C=O) groups excluding carboxylic acids is 1. The van der Waals surface area contributed by atoms with Gasteiger partial charge < -0.3 is 10.4 Å². The van der Waals surface area contributed by atoms with Gasteiger partial charge in [-0.1, -0.05) is 11.6 Å². The Labute approximate surface area is 115 Å². The van der Waals surface area contributed by atoms with Gasteiger partial charge in [0.05, 0.1) is 11.0 Å². The number of hydrogen-bond acceptors (Lipinski definition) is 4. The minimum absolute atomic E-state index is 0.0218. The summed E-state index contributed by atoms with van der Waals surface area (Å²) in [7, 11) is 0. The third kappa shape index (κ3) is 4.84. The number of benzene rings is 1. The zero-order chi connectivity index (χ0) is 14.4. The van der Waals surface area contributed by atoms with Gasteiger partial charge in [0.15, 0.2) is 0 Å². The molecule has 7 heteroatoms. The third-order valence-corrected chi connectivity index (χ3v) is 2.72. The Hall–Kier alpha value is -1.66. The summed E-state index contributed by atoms with van der Waals surface area (Å²) in [4.78, 5) is 22.0. The lowest BCUT2D eigenvalue weighted by molar-refractivity contribution is -0.385. The van der Waals surface area contributed by atoms with Crippen LogP contribution in [-0.4, -0.2) is 28.6 Å². The molecule has 0 aromatic heterocycles. The van der Waals surface area contributed by atoms with Gasteiger partial charge >= 0.3 is 0 Å². The van der Waals surface area contributed by atoms with Crippen LogP contribution >= 0.6 is 11.6 Å². The summed E-state index contributed by atoms with van der Waals surface area (Å²) >= 11 is 5.66. The van der Waals surface area contributed by atoms with Crippen LogP contribution in [-0.2, 0) is 0 Å². The molecule has 1 aromatic rings. The molecule has 1 atom stereocenters. The van der Waals surface area contributed by atoms with Gasteiger partial charge in [-0.3, -0.25) is 14.9 Å². The molecule has 0 saturated heterocycles. The van der Waals surface area contributed by atoms with E-state index in [0.717, 1.165) is 6.07 Å².